The van der Waals surface area contributed by atoms with Crippen molar-refractivity contribution in [2.75, 3.05) is 14.1 Å². The molecule has 2 rings (SSSR count). The Hall–Kier alpha value is -2.10. The lowest BCUT2D eigenvalue weighted by Gasteiger charge is -2.16. The van der Waals surface area contributed by atoms with Gasteiger partial charge >= 0.3 is 5.97 Å². The third-order valence-corrected chi connectivity index (χ3v) is 3.33. The summed E-state index contributed by atoms with van der Waals surface area (Å²) in [6.45, 7) is 0. The van der Waals surface area contributed by atoms with Crippen molar-refractivity contribution >= 4 is 11.9 Å². The standard InChI is InChI=1S/C16H19NO3/c1-17(2)15(18)12-8-10-14(11-9-12)20-16(19)13-6-4-3-5-7-13/h3-4,8-11,13H,5-7H2,1-2H3/t13-/m1/s1. The van der Waals surface area contributed by atoms with Gasteiger partial charge in [-0.05, 0) is 43.5 Å². The molecule has 1 aliphatic carbocycles. The van der Waals surface area contributed by atoms with Crippen LogP contribution in [-0.4, -0.2) is 30.9 Å². The molecule has 0 bridgehead atoms. The number of esters is 1. The van der Waals surface area contributed by atoms with Crippen LogP contribution in [0.15, 0.2) is 36.4 Å². The number of hydrogen-bond acceptors (Lipinski definition) is 3. The number of benzene rings is 1. The SMILES string of the molecule is CN(C)C(=O)c1ccc(OC(=O)[C@@H]2CC=CCC2)cc1. The predicted molar refractivity (Wildman–Crippen MR) is 76.6 cm³/mol. The minimum absolute atomic E-state index is 0.0527. The van der Waals surface area contributed by atoms with Gasteiger partial charge < -0.3 is 9.64 Å². The van der Waals surface area contributed by atoms with E-state index in [2.05, 4.69) is 6.08 Å². The van der Waals surface area contributed by atoms with Crippen LogP contribution in [0.25, 0.3) is 0 Å². The van der Waals surface area contributed by atoms with Gasteiger partial charge in [-0.25, -0.2) is 0 Å². The van der Waals surface area contributed by atoms with E-state index >= 15 is 0 Å². The first-order valence-electron chi connectivity index (χ1n) is 6.76. The topological polar surface area (TPSA) is 46.6 Å². The minimum atomic E-state index is -0.193. The van der Waals surface area contributed by atoms with E-state index < -0.39 is 0 Å². The quantitative estimate of drug-likeness (QED) is 0.483. The van der Waals surface area contributed by atoms with E-state index in [4.69, 9.17) is 4.74 Å². The molecule has 0 saturated heterocycles. The molecule has 0 spiro atoms. The maximum atomic E-state index is 12.0. The molecule has 4 heteroatoms. The van der Waals surface area contributed by atoms with Crippen molar-refractivity contribution in [3.63, 3.8) is 0 Å². The molecule has 0 fully saturated rings. The van der Waals surface area contributed by atoms with Gasteiger partial charge in [0.1, 0.15) is 5.75 Å². The Morgan fingerprint density at radius 1 is 1.15 bits per heavy atom. The predicted octanol–water partition coefficient (Wildman–Crippen LogP) is 2.65. The lowest BCUT2D eigenvalue weighted by atomic mass is 9.95. The molecule has 0 radical (unpaired) electrons. The average molecular weight is 273 g/mol. The maximum absolute atomic E-state index is 12.0. The van der Waals surface area contributed by atoms with Gasteiger partial charge in [0.15, 0.2) is 0 Å². The van der Waals surface area contributed by atoms with Crippen molar-refractivity contribution in [1.29, 1.82) is 0 Å². The summed E-state index contributed by atoms with van der Waals surface area (Å²) in [4.78, 5) is 25.2. The number of ether oxygens (including phenoxy) is 1. The van der Waals surface area contributed by atoms with Crippen LogP contribution < -0.4 is 4.74 Å². The molecule has 1 atom stereocenters. The Morgan fingerprint density at radius 2 is 1.85 bits per heavy atom. The first kappa shape index (κ1) is 14.3. The normalized spacial score (nSPS) is 17.6. The number of carbonyl (C=O) groups excluding carboxylic acids is 2. The molecule has 1 amide bonds. The van der Waals surface area contributed by atoms with Gasteiger partial charge in [0.05, 0.1) is 5.92 Å². The lowest BCUT2D eigenvalue weighted by Crippen LogP contribution is -2.22. The van der Waals surface area contributed by atoms with Gasteiger partial charge in [-0.2, -0.15) is 0 Å². The highest BCUT2D eigenvalue weighted by Crippen LogP contribution is 2.21. The molecule has 0 unspecified atom stereocenters. The van der Waals surface area contributed by atoms with E-state index in [1.165, 1.54) is 4.90 Å². The van der Waals surface area contributed by atoms with Gasteiger partial charge in [0, 0.05) is 19.7 Å². The van der Waals surface area contributed by atoms with E-state index in [0.717, 1.165) is 19.3 Å². The number of nitrogens with zero attached hydrogens (tertiary/aromatic N) is 1. The van der Waals surface area contributed by atoms with E-state index in [1.807, 2.05) is 6.08 Å². The van der Waals surface area contributed by atoms with Crippen LogP contribution in [0, 0.1) is 5.92 Å². The number of carbonyl (C=O) groups is 2. The van der Waals surface area contributed by atoms with Gasteiger partial charge in [-0.3, -0.25) is 9.59 Å². The summed E-state index contributed by atoms with van der Waals surface area (Å²) in [7, 11) is 3.40. The second-order valence-corrected chi connectivity index (χ2v) is 5.13. The zero-order chi connectivity index (χ0) is 14.5. The maximum Gasteiger partial charge on any atom is 0.314 e. The molecule has 106 valence electrons. The second-order valence-electron chi connectivity index (χ2n) is 5.13. The largest absolute Gasteiger partial charge is 0.426 e. The molecule has 0 aliphatic heterocycles. The second kappa shape index (κ2) is 6.37. The van der Waals surface area contributed by atoms with Crippen molar-refractivity contribution in [2.24, 2.45) is 5.92 Å². The molecule has 0 saturated carbocycles. The molecule has 20 heavy (non-hydrogen) atoms. The monoisotopic (exact) mass is 273 g/mol. The van der Waals surface area contributed by atoms with E-state index in [9.17, 15) is 9.59 Å². The van der Waals surface area contributed by atoms with E-state index in [-0.39, 0.29) is 17.8 Å². The minimum Gasteiger partial charge on any atom is -0.426 e. The number of amides is 1. The zero-order valence-corrected chi connectivity index (χ0v) is 11.8. The zero-order valence-electron chi connectivity index (χ0n) is 11.8. The van der Waals surface area contributed by atoms with Crippen molar-refractivity contribution in [1.82, 2.24) is 4.90 Å². The van der Waals surface area contributed by atoms with Crippen LogP contribution in [0.1, 0.15) is 29.6 Å². The fourth-order valence-corrected chi connectivity index (χ4v) is 2.13. The molecule has 1 aromatic carbocycles. The Bertz CT molecular complexity index is 517. The highest BCUT2D eigenvalue weighted by Gasteiger charge is 2.20. The lowest BCUT2D eigenvalue weighted by molar-refractivity contribution is -0.139. The van der Waals surface area contributed by atoms with Gasteiger partial charge in [-0.15, -0.1) is 0 Å². The van der Waals surface area contributed by atoms with Crippen molar-refractivity contribution < 1.29 is 14.3 Å². The van der Waals surface area contributed by atoms with Crippen LogP contribution >= 0.6 is 0 Å². The fraction of sp³-hybridized carbons (Fsp3) is 0.375. The van der Waals surface area contributed by atoms with Crippen LogP contribution in [0.4, 0.5) is 0 Å². The van der Waals surface area contributed by atoms with E-state index in [0.29, 0.717) is 11.3 Å². The molecule has 0 N–H and O–H groups in total. The molecular weight excluding hydrogens is 254 g/mol. The summed E-state index contributed by atoms with van der Waals surface area (Å²) in [6, 6.07) is 6.66. The van der Waals surface area contributed by atoms with Crippen LogP contribution in [0.5, 0.6) is 5.75 Å². The van der Waals surface area contributed by atoms with Crippen molar-refractivity contribution in [3.8, 4) is 5.75 Å². The first-order chi connectivity index (χ1) is 9.58. The summed E-state index contributed by atoms with van der Waals surface area (Å²) in [6.07, 6.45) is 6.62. The Kier molecular flexibility index (Phi) is 4.56. The van der Waals surface area contributed by atoms with Crippen molar-refractivity contribution in [2.45, 2.75) is 19.3 Å². The summed E-state index contributed by atoms with van der Waals surface area (Å²) in [5.41, 5.74) is 0.579. The van der Waals surface area contributed by atoms with Crippen molar-refractivity contribution in [3.05, 3.63) is 42.0 Å². The Labute approximate surface area is 119 Å². The molecule has 0 heterocycles. The molecule has 1 aromatic rings. The summed E-state index contributed by atoms with van der Waals surface area (Å²) in [5.74, 6) is 0.171. The Balaban J connectivity index is 1.98. The van der Waals surface area contributed by atoms with Gasteiger partial charge in [0.2, 0.25) is 0 Å². The third-order valence-electron chi connectivity index (χ3n) is 3.33. The first-order valence-corrected chi connectivity index (χ1v) is 6.76. The third kappa shape index (κ3) is 3.47. The number of hydrogen-bond donors (Lipinski definition) is 0. The van der Waals surface area contributed by atoms with Crippen LogP contribution in [0.3, 0.4) is 0 Å². The fourth-order valence-electron chi connectivity index (χ4n) is 2.13. The molecule has 4 nitrogen and oxygen atoms in total. The summed E-state index contributed by atoms with van der Waals surface area (Å²) >= 11 is 0. The molecule has 1 aliphatic rings. The molecular formula is C16H19NO3. The summed E-state index contributed by atoms with van der Waals surface area (Å²) < 4.78 is 5.35. The van der Waals surface area contributed by atoms with Crippen LogP contribution in [-0.2, 0) is 4.79 Å². The summed E-state index contributed by atoms with van der Waals surface area (Å²) in [5, 5.41) is 0. The Morgan fingerprint density at radius 3 is 2.40 bits per heavy atom. The highest BCUT2D eigenvalue weighted by atomic mass is 16.5. The average Bonchev–Trinajstić information content (AvgIpc) is 2.48. The smallest absolute Gasteiger partial charge is 0.314 e. The highest BCUT2D eigenvalue weighted by molar-refractivity contribution is 5.94. The van der Waals surface area contributed by atoms with Gasteiger partial charge in [0.25, 0.3) is 5.91 Å². The van der Waals surface area contributed by atoms with E-state index in [1.54, 1.807) is 38.4 Å². The molecule has 0 aromatic heterocycles. The number of rotatable bonds is 3. The van der Waals surface area contributed by atoms with Crippen LogP contribution in [0.2, 0.25) is 0 Å². The number of allylic oxidation sites excluding steroid dienone is 2. The van der Waals surface area contributed by atoms with Gasteiger partial charge in [-0.1, -0.05) is 12.2 Å².